The Morgan fingerprint density at radius 2 is 1.80 bits per heavy atom. The van der Waals surface area contributed by atoms with Crippen molar-refractivity contribution in [3.8, 4) is 0 Å². The highest BCUT2D eigenvalue weighted by atomic mass is 32.2. The molecule has 0 radical (unpaired) electrons. The van der Waals surface area contributed by atoms with Gasteiger partial charge in [0.25, 0.3) is 0 Å². The number of anilines is 1. The summed E-state index contributed by atoms with van der Waals surface area (Å²) in [5.41, 5.74) is 2.48. The predicted octanol–water partition coefficient (Wildman–Crippen LogP) is 1.76. The van der Waals surface area contributed by atoms with Crippen LogP contribution in [0.3, 0.4) is 0 Å². The summed E-state index contributed by atoms with van der Waals surface area (Å²) < 4.78 is 32.5. The van der Waals surface area contributed by atoms with Crippen molar-refractivity contribution in [3.63, 3.8) is 0 Å². The van der Waals surface area contributed by atoms with Crippen LogP contribution in [0.5, 0.6) is 0 Å². The van der Waals surface area contributed by atoms with Gasteiger partial charge in [0.1, 0.15) is 0 Å². The Bertz CT molecular complexity index is 553. The molecule has 0 saturated carbocycles. The summed E-state index contributed by atoms with van der Waals surface area (Å²) in [6.07, 6.45) is 0.742. The molecule has 1 aromatic rings. The zero-order valence-electron chi connectivity index (χ0n) is 12.3. The Morgan fingerprint density at radius 1 is 1.15 bits per heavy atom. The van der Waals surface area contributed by atoms with Crippen LogP contribution in [0.2, 0.25) is 0 Å². The minimum Gasteiger partial charge on any atom is -0.388 e. The second-order valence-electron chi connectivity index (χ2n) is 5.06. The van der Waals surface area contributed by atoms with Crippen LogP contribution >= 0.6 is 0 Å². The fraction of sp³-hybridized carbons (Fsp3) is 0.571. The van der Waals surface area contributed by atoms with E-state index in [4.69, 9.17) is 4.74 Å². The summed E-state index contributed by atoms with van der Waals surface area (Å²) in [5.74, 6) is 0. The van der Waals surface area contributed by atoms with Crippen molar-refractivity contribution in [2.45, 2.75) is 25.2 Å². The summed E-state index contributed by atoms with van der Waals surface area (Å²) in [6.45, 7) is 5.72. The van der Waals surface area contributed by atoms with Crippen LogP contribution in [0.1, 0.15) is 17.5 Å². The highest BCUT2D eigenvalue weighted by Crippen LogP contribution is 2.27. The maximum Gasteiger partial charge on any atom is 0.243 e. The first-order chi connectivity index (χ1) is 9.46. The van der Waals surface area contributed by atoms with Crippen molar-refractivity contribution in [2.75, 3.05) is 38.7 Å². The number of nitrogens with zero attached hydrogens (tertiary/aromatic N) is 1. The molecular formula is C14H22N2O3S. The topological polar surface area (TPSA) is 58.6 Å². The van der Waals surface area contributed by atoms with E-state index in [0.717, 1.165) is 23.2 Å². The van der Waals surface area contributed by atoms with Crippen LogP contribution in [0.15, 0.2) is 17.0 Å². The Hall–Kier alpha value is -1.11. The highest BCUT2D eigenvalue weighted by molar-refractivity contribution is 7.89. The van der Waals surface area contributed by atoms with Crippen molar-refractivity contribution >= 4 is 15.7 Å². The number of nitrogens with one attached hydrogen (secondary N) is 1. The molecule has 6 heteroatoms. The molecule has 5 nitrogen and oxygen atoms in total. The zero-order valence-corrected chi connectivity index (χ0v) is 13.1. The third-order valence-corrected chi connectivity index (χ3v) is 5.73. The van der Waals surface area contributed by atoms with E-state index >= 15 is 0 Å². The van der Waals surface area contributed by atoms with E-state index in [-0.39, 0.29) is 0 Å². The molecule has 1 saturated heterocycles. The summed E-state index contributed by atoms with van der Waals surface area (Å²) in [4.78, 5) is 0.429. The van der Waals surface area contributed by atoms with Crippen molar-refractivity contribution < 1.29 is 13.2 Å². The van der Waals surface area contributed by atoms with Crippen molar-refractivity contribution in [1.29, 1.82) is 0 Å². The Labute approximate surface area is 121 Å². The first-order valence-corrected chi connectivity index (χ1v) is 8.27. The number of benzene rings is 1. The summed E-state index contributed by atoms with van der Waals surface area (Å²) in [6, 6.07) is 3.74. The average Bonchev–Trinajstić information content (AvgIpc) is 2.66. The van der Waals surface area contributed by atoms with E-state index in [1.165, 1.54) is 4.31 Å². The first-order valence-electron chi connectivity index (χ1n) is 6.83. The molecule has 1 fully saturated rings. The van der Waals surface area contributed by atoms with Crippen LogP contribution in [0.4, 0.5) is 5.69 Å². The molecule has 2 rings (SSSR count). The minimum absolute atomic E-state index is 0.426. The maximum absolute atomic E-state index is 12.8. The molecule has 20 heavy (non-hydrogen) atoms. The highest BCUT2D eigenvalue weighted by Gasteiger charge is 2.28. The van der Waals surface area contributed by atoms with Gasteiger partial charge >= 0.3 is 0 Å². The van der Waals surface area contributed by atoms with Crippen molar-refractivity contribution in [1.82, 2.24) is 4.31 Å². The van der Waals surface area contributed by atoms with Gasteiger partial charge < -0.3 is 10.1 Å². The number of rotatable bonds is 3. The van der Waals surface area contributed by atoms with Gasteiger partial charge in [-0.2, -0.15) is 4.31 Å². The lowest BCUT2D eigenvalue weighted by molar-refractivity contribution is 0.148. The standard InChI is InChI=1S/C14H22N2O3S/c1-11-9-13(15-3)10-12(2)14(11)20(17,18)16-5-4-7-19-8-6-16/h9-10,15H,4-8H2,1-3H3. The van der Waals surface area contributed by atoms with Gasteiger partial charge in [-0.05, 0) is 43.5 Å². The molecule has 0 aromatic heterocycles. The lowest BCUT2D eigenvalue weighted by Gasteiger charge is -2.22. The van der Waals surface area contributed by atoms with E-state index < -0.39 is 10.0 Å². The van der Waals surface area contributed by atoms with E-state index in [9.17, 15) is 8.42 Å². The monoisotopic (exact) mass is 298 g/mol. The van der Waals surface area contributed by atoms with Gasteiger partial charge in [0, 0.05) is 32.4 Å². The first kappa shape index (κ1) is 15.3. The average molecular weight is 298 g/mol. The largest absolute Gasteiger partial charge is 0.388 e. The van der Waals surface area contributed by atoms with Crippen molar-refractivity contribution in [2.24, 2.45) is 0 Å². The van der Waals surface area contributed by atoms with Gasteiger partial charge in [-0.25, -0.2) is 8.42 Å². The molecule has 1 aromatic carbocycles. The summed E-state index contributed by atoms with van der Waals surface area (Å²) in [7, 11) is -1.62. The minimum atomic E-state index is -3.45. The Balaban J connectivity index is 2.43. The SMILES string of the molecule is CNc1cc(C)c(S(=O)(=O)N2CCCOCC2)c(C)c1. The van der Waals surface area contributed by atoms with Gasteiger partial charge in [0.15, 0.2) is 0 Å². The summed E-state index contributed by atoms with van der Waals surface area (Å²) in [5, 5.41) is 3.05. The maximum atomic E-state index is 12.8. The lowest BCUT2D eigenvalue weighted by Crippen LogP contribution is -2.34. The van der Waals surface area contributed by atoms with Crippen LogP contribution in [-0.4, -0.2) is 46.1 Å². The van der Waals surface area contributed by atoms with Crippen LogP contribution in [0.25, 0.3) is 0 Å². The third kappa shape index (κ3) is 2.97. The molecule has 0 spiro atoms. The molecule has 1 aliphatic heterocycles. The Kier molecular flexibility index (Phi) is 4.67. The predicted molar refractivity (Wildman–Crippen MR) is 79.7 cm³/mol. The quantitative estimate of drug-likeness (QED) is 0.924. The van der Waals surface area contributed by atoms with E-state index in [0.29, 0.717) is 31.2 Å². The number of aryl methyl sites for hydroxylation is 2. The zero-order chi connectivity index (χ0) is 14.8. The number of ether oxygens (including phenoxy) is 1. The number of hydrogen-bond donors (Lipinski definition) is 1. The third-order valence-electron chi connectivity index (χ3n) is 3.53. The molecule has 0 atom stereocenters. The molecule has 0 amide bonds. The van der Waals surface area contributed by atoms with Crippen LogP contribution in [0, 0.1) is 13.8 Å². The van der Waals surface area contributed by atoms with Crippen molar-refractivity contribution in [3.05, 3.63) is 23.3 Å². The van der Waals surface area contributed by atoms with Crippen LogP contribution < -0.4 is 5.32 Å². The summed E-state index contributed by atoms with van der Waals surface area (Å²) >= 11 is 0. The molecule has 1 heterocycles. The number of sulfonamides is 1. The van der Waals surface area contributed by atoms with E-state index in [1.807, 2.05) is 33.0 Å². The fourth-order valence-corrected chi connectivity index (χ4v) is 4.47. The second kappa shape index (κ2) is 6.11. The van der Waals surface area contributed by atoms with Gasteiger partial charge in [-0.3, -0.25) is 0 Å². The molecule has 0 unspecified atom stereocenters. The molecule has 112 valence electrons. The van der Waals surface area contributed by atoms with E-state index in [1.54, 1.807) is 0 Å². The molecule has 1 aliphatic rings. The molecular weight excluding hydrogens is 276 g/mol. The van der Waals surface area contributed by atoms with Gasteiger partial charge in [-0.15, -0.1) is 0 Å². The second-order valence-corrected chi connectivity index (χ2v) is 6.93. The number of hydrogen-bond acceptors (Lipinski definition) is 4. The molecule has 0 bridgehead atoms. The van der Waals surface area contributed by atoms with E-state index in [2.05, 4.69) is 5.32 Å². The Morgan fingerprint density at radius 3 is 2.40 bits per heavy atom. The molecule has 0 aliphatic carbocycles. The molecule has 1 N–H and O–H groups in total. The van der Waals surface area contributed by atoms with Crippen LogP contribution in [-0.2, 0) is 14.8 Å². The smallest absolute Gasteiger partial charge is 0.243 e. The van der Waals surface area contributed by atoms with Gasteiger partial charge in [-0.1, -0.05) is 0 Å². The lowest BCUT2D eigenvalue weighted by atomic mass is 10.1. The van der Waals surface area contributed by atoms with Gasteiger partial charge in [0.05, 0.1) is 11.5 Å². The van der Waals surface area contributed by atoms with Gasteiger partial charge in [0.2, 0.25) is 10.0 Å². The normalized spacial score (nSPS) is 17.8. The fourth-order valence-electron chi connectivity index (χ4n) is 2.59.